The van der Waals surface area contributed by atoms with Gasteiger partial charge in [0.05, 0.1) is 6.54 Å². The lowest BCUT2D eigenvalue weighted by Gasteiger charge is -2.41. The Morgan fingerprint density at radius 1 is 1.22 bits per heavy atom. The molecule has 2 N–H and O–H groups in total. The molecule has 0 aromatic rings. The average molecular weight is 333 g/mol. The molecule has 0 bridgehead atoms. The lowest BCUT2D eigenvalue weighted by atomic mass is 9.66. The van der Waals surface area contributed by atoms with Crippen LogP contribution in [0.5, 0.6) is 0 Å². The van der Waals surface area contributed by atoms with E-state index in [1.165, 1.54) is 11.3 Å². The first-order valence-electron chi connectivity index (χ1n) is 8.60. The molecule has 0 aromatic carbocycles. The number of amides is 1. The number of likely N-dealkylation sites (tertiary alicyclic amines) is 2. The third-order valence-corrected chi connectivity index (χ3v) is 5.98. The van der Waals surface area contributed by atoms with Crippen molar-refractivity contribution in [2.24, 2.45) is 17.1 Å². The maximum absolute atomic E-state index is 12.5. The number of piperidine rings is 1. The highest BCUT2D eigenvalue weighted by molar-refractivity contribution is 5.77. The quantitative estimate of drug-likeness (QED) is 0.859. The van der Waals surface area contributed by atoms with Crippen LogP contribution in [0.1, 0.15) is 38.5 Å². The molecule has 23 heavy (non-hydrogen) atoms. The zero-order valence-electron chi connectivity index (χ0n) is 13.4. The van der Waals surface area contributed by atoms with Crippen LogP contribution in [0.15, 0.2) is 0 Å². The van der Waals surface area contributed by atoms with E-state index in [0.29, 0.717) is 38.9 Å². The molecule has 1 unspecified atom stereocenters. The first-order valence-corrected chi connectivity index (χ1v) is 8.60. The van der Waals surface area contributed by atoms with E-state index in [1.54, 1.807) is 0 Å². The maximum Gasteiger partial charge on any atom is 0.401 e. The van der Waals surface area contributed by atoms with Crippen LogP contribution in [0.3, 0.4) is 0 Å². The van der Waals surface area contributed by atoms with E-state index in [0.717, 1.165) is 19.4 Å². The van der Waals surface area contributed by atoms with Crippen molar-refractivity contribution in [2.45, 2.75) is 50.7 Å². The Kier molecular flexibility index (Phi) is 4.62. The number of halogens is 3. The van der Waals surface area contributed by atoms with Gasteiger partial charge in [-0.15, -0.1) is 0 Å². The predicted octanol–water partition coefficient (Wildman–Crippen LogP) is 1.99. The Morgan fingerprint density at radius 3 is 2.35 bits per heavy atom. The molecule has 1 aliphatic carbocycles. The molecular weight excluding hydrogens is 307 g/mol. The lowest BCUT2D eigenvalue weighted by molar-refractivity contribution is -0.149. The minimum atomic E-state index is -4.13. The fourth-order valence-electron chi connectivity index (χ4n) is 4.32. The highest BCUT2D eigenvalue weighted by Crippen LogP contribution is 2.47. The first kappa shape index (κ1) is 17.0. The molecule has 3 fully saturated rings. The number of nitrogens with zero attached hydrogens (tertiary/aromatic N) is 2. The summed E-state index contributed by atoms with van der Waals surface area (Å²) in [7, 11) is 0. The van der Waals surface area contributed by atoms with Crippen LogP contribution < -0.4 is 5.73 Å². The molecule has 1 atom stereocenters. The molecule has 3 aliphatic rings. The fourth-order valence-corrected chi connectivity index (χ4v) is 4.32. The zero-order chi connectivity index (χ0) is 16.7. The summed E-state index contributed by atoms with van der Waals surface area (Å²) in [5.74, 6) is 0.347. The van der Waals surface area contributed by atoms with Gasteiger partial charge in [-0.25, -0.2) is 0 Å². The normalized spacial score (nSPS) is 29.0. The minimum Gasteiger partial charge on any atom is -0.340 e. The van der Waals surface area contributed by atoms with Crippen LogP contribution in [0, 0.1) is 11.3 Å². The molecule has 132 valence electrons. The Balaban J connectivity index is 1.43. The molecular formula is C16H26F3N3O. The van der Waals surface area contributed by atoms with Crippen LogP contribution in [-0.4, -0.2) is 60.6 Å². The molecule has 2 aliphatic heterocycles. The summed E-state index contributed by atoms with van der Waals surface area (Å²) in [5.41, 5.74) is 6.36. The number of carbonyl (C=O) groups excluding carboxylic acids is 1. The van der Waals surface area contributed by atoms with E-state index in [9.17, 15) is 18.0 Å². The van der Waals surface area contributed by atoms with E-state index in [4.69, 9.17) is 5.73 Å². The van der Waals surface area contributed by atoms with Gasteiger partial charge in [0, 0.05) is 31.0 Å². The Labute approximate surface area is 135 Å². The monoisotopic (exact) mass is 333 g/mol. The molecule has 4 nitrogen and oxygen atoms in total. The predicted molar refractivity (Wildman–Crippen MR) is 80.7 cm³/mol. The Bertz CT molecular complexity index is 442. The minimum absolute atomic E-state index is 0.0915. The van der Waals surface area contributed by atoms with Crippen molar-refractivity contribution in [1.29, 1.82) is 0 Å². The largest absolute Gasteiger partial charge is 0.401 e. The molecule has 0 aromatic heterocycles. The van der Waals surface area contributed by atoms with E-state index < -0.39 is 12.7 Å². The summed E-state index contributed by atoms with van der Waals surface area (Å²) in [6, 6.07) is 0.0915. The van der Waals surface area contributed by atoms with Crippen molar-refractivity contribution in [3.05, 3.63) is 0 Å². The van der Waals surface area contributed by atoms with Crippen molar-refractivity contribution in [3.63, 3.8) is 0 Å². The van der Waals surface area contributed by atoms with Crippen molar-refractivity contribution >= 4 is 5.91 Å². The molecule has 1 spiro atoms. The van der Waals surface area contributed by atoms with Gasteiger partial charge < -0.3 is 10.6 Å². The summed E-state index contributed by atoms with van der Waals surface area (Å²) in [4.78, 5) is 15.8. The summed E-state index contributed by atoms with van der Waals surface area (Å²) >= 11 is 0. The highest BCUT2D eigenvalue weighted by Gasteiger charge is 2.49. The second-order valence-corrected chi connectivity index (χ2v) is 7.64. The standard InChI is InChI=1S/C16H26F3N3O/c17-16(18,19)11-21-6-2-12(3-7-21)8-14(23)22-9-13(20)15(10-22)4-1-5-15/h12-13H,1-11,20H2. The van der Waals surface area contributed by atoms with Crippen molar-refractivity contribution in [3.8, 4) is 0 Å². The van der Waals surface area contributed by atoms with Gasteiger partial charge in [-0.3, -0.25) is 9.69 Å². The number of hydrogen-bond donors (Lipinski definition) is 1. The van der Waals surface area contributed by atoms with E-state index in [2.05, 4.69) is 0 Å². The molecule has 2 saturated heterocycles. The molecule has 0 radical (unpaired) electrons. The SMILES string of the molecule is NC1CN(C(=O)CC2CCN(CC(F)(F)F)CC2)CC12CCC2. The first-order chi connectivity index (χ1) is 10.8. The second-order valence-electron chi connectivity index (χ2n) is 7.64. The number of hydrogen-bond acceptors (Lipinski definition) is 3. The number of nitrogens with two attached hydrogens (primary N) is 1. The van der Waals surface area contributed by atoms with E-state index in [-0.39, 0.29) is 23.3 Å². The third kappa shape index (κ3) is 3.82. The van der Waals surface area contributed by atoms with Crippen LogP contribution in [0.4, 0.5) is 13.2 Å². The van der Waals surface area contributed by atoms with Gasteiger partial charge in [-0.1, -0.05) is 6.42 Å². The van der Waals surface area contributed by atoms with Crippen molar-refractivity contribution in [2.75, 3.05) is 32.7 Å². The van der Waals surface area contributed by atoms with Gasteiger partial charge in [0.25, 0.3) is 0 Å². The Morgan fingerprint density at radius 2 is 1.87 bits per heavy atom. The van der Waals surface area contributed by atoms with E-state index >= 15 is 0 Å². The summed E-state index contributed by atoms with van der Waals surface area (Å²) in [6.45, 7) is 1.45. The number of carbonyl (C=O) groups is 1. The smallest absolute Gasteiger partial charge is 0.340 e. The fraction of sp³-hybridized carbons (Fsp3) is 0.938. The van der Waals surface area contributed by atoms with Crippen LogP contribution in [-0.2, 0) is 4.79 Å². The van der Waals surface area contributed by atoms with Gasteiger partial charge >= 0.3 is 6.18 Å². The summed E-state index contributed by atoms with van der Waals surface area (Å²) in [6.07, 6.45) is 1.11. The molecule has 2 heterocycles. The molecule has 1 amide bonds. The van der Waals surface area contributed by atoms with Gasteiger partial charge in [0.15, 0.2) is 0 Å². The van der Waals surface area contributed by atoms with Crippen molar-refractivity contribution < 1.29 is 18.0 Å². The van der Waals surface area contributed by atoms with Gasteiger partial charge in [0.2, 0.25) is 5.91 Å². The second kappa shape index (κ2) is 6.24. The molecule has 3 rings (SSSR count). The van der Waals surface area contributed by atoms with Crippen molar-refractivity contribution in [1.82, 2.24) is 9.80 Å². The van der Waals surface area contributed by atoms with Gasteiger partial charge in [-0.2, -0.15) is 13.2 Å². The number of rotatable bonds is 3. The third-order valence-electron chi connectivity index (χ3n) is 5.98. The van der Waals surface area contributed by atoms with E-state index in [1.807, 2.05) is 4.90 Å². The van der Waals surface area contributed by atoms with Gasteiger partial charge in [-0.05, 0) is 44.7 Å². The van der Waals surface area contributed by atoms with Gasteiger partial charge in [0.1, 0.15) is 0 Å². The molecule has 1 saturated carbocycles. The highest BCUT2D eigenvalue weighted by atomic mass is 19.4. The number of alkyl halides is 3. The summed E-state index contributed by atoms with van der Waals surface area (Å²) in [5, 5.41) is 0. The summed E-state index contributed by atoms with van der Waals surface area (Å²) < 4.78 is 37.2. The molecule has 7 heteroatoms. The van der Waals surface area contributed by atoms with Crippen LogP contribution in [0.25, 0.3) is 0 Å². The Hall–Kier alpha value is -0.820. The zero-order valence-corrected chi connectivity index (χ0v) is 13.4. The topological polar surface area (TPSA) is 49.6 Å². The van der Waals surface area contributed by atoms with Crippen LogP contribution >= 0.6 is 0 Å². The lowest BCUT2D eigenvalue weighted by Crippen LogP contribution is -2.45. The van der Waals surface area contributed by atoms with Crippen LogP contribution in [0.2, 0.25) is 0 Å². The maximum atomic E-state index is 12.5. The average Bonchev–Trinajstić information content (AvgIpc) is 2.77.